The number of rotatable bonds is 4. The van der Waals surface area contributed by atoms with E-state index in [0.29, 0.717) is 18.4 Å². The van der Waals surface area contributed by atoms with E-state index in [9.17, 15) is 9.59 Å². The molecule has 1 aromatic carbocycles. The maximum absolute atomic E-state index is 11.1. The number of benzene rings is 1. The second kappa shape index (κ2) is 4.79. The van der Waals surface area contributed by atoms with Crippen LogP contribution in [0.25, 0.3) is 0 Å². The fraction of sp³-hybridized carbons (Fsp3) is 0.333. The number of carboxylic acids is 2. The first-order chi connectivity index (χ1) is 7.52. The van der Waals surface area contributed by atoms with Gasteiger partial charge in [0, 0.05) is 0 Å². The van der Waals surface area contributed by atoms with Gasteiger partial charge in [0.05, 0.1) is 11.1 Å². The van der Waals surface area contributed by atoms with E-state index in [0.717, 1.165) is 5.56 Å². The highest BCUT2D eigenvalue weighted by molar-refractivity contribution is 6.03. The SMILES string of the molecule is CCc1ccc(C(=O)O)c(C(=O)O)c1CC. The topological polar surface area (TPSA) is 74.6 Å². The van der Waals surface area contributed by atoms with Gasteiger partial charge >= 0.3 is 11.9 Å². The molecule has 0 aromatic heterocycles. The first kappa shape index (κ1) is 12.2. The van der Waals surface area contributed by atoms with Crippen LogP contribution in [0.5, 0.6) is 0 Å². The fourth-order valence-corrected chi connectivity index (χ4v) is 1.85. The standard InChI is InChI=1S/C12H14O4/c1-3-7-5-6-9(11(13)14)10(12(15)16)8(7)4-2/h5-6H,3-4H2,1-2H3,(H,13,14)(H,15,16). The summed E-state index contributed by atoms with van der Waals surface area (Å²) in [6.07, 6.45) is 1.22. The van der Waals surface area contributed by atoms with Crippen molar-refractivity contribution in [2.75, 3.05) is 0 Å². The minimum Gasteiger partial charge on any atom is -0.478 e. The Morgan fingerprint density at radius 2 is 1.69 bits per heavy atom. The molecule has 0 aliphatic carbocycles. The Morgan fingerprint density at radius 3 is 2.06 bits per heavy atom. The van der Waals surface area contributed by atoms with Crippen LogP contribution < -0.4 is 0 Å². The van der Waals surface area contributed by atoms with Crippen molar-refractivity contribution in [3.8, 4) is 0 Å². The van der Waals surface area contributed by atoms with Crippen LogP contribution in [0.1, 0.15) is 45.7 Å². The minimum atomic E-state index is -1.20. The molecule has 0 saturated heterocycles. The molecule has 4 heteroatoms. The molecule has 1 rings (SSSR count). The zero-order valence-corrected chi connectivity index (χ0v) is 9.28. The Labute approximate surface area is 93.5 Å². The molecule has 4 nitrogen and oxygen atoms in total. The molecule has 0 aliphatic heterocycles. The first-order valence-corrected chi connectivity index (χ1v) is 5.14. The Bertz CT molecular complexity index is 435. The lowest BCUT2D eigenvalue weighted by Gasteiger charge is -2.12. The normalized spacial score (nSPS) is 10.1. The van der Waals surface area contributed by atoms with Gasteiger partial charge in [0.2, 0.25) is 0 Å². The Morgan fingerprint density at radius 1 is 1.06 bits per heavy atom. The number of aryl methyl sites for hydroxylation is 1. The molecule has 0 bridgehead atoms. The highest BCUT2D eigenvalue weighted by Gasteiger charge is 2.21. The average Bonchev–Trinajstić information content (AvgIpc) is 2.26. The molecular weight excluding hydrogens is 208 g/mol. The Kier molecular flexibility index (Phi) is 3.66. The monoisotopic (exact) mass is 222 g/mol. The van der Waals surface area contributed by atoms with E-state index in [2.05, 4.69) is 0 Å². The summed E-state index contributed by atoms with van der Waals surface area (Å²) in [5, 5.41) is 18.0. The van der Waals surface area contributed by atoms with Crippen molar-refractivity contribution in [2.24, 2.45) is 0 Å². The Hall–Kier alpha value is -1.84. The van der Waals surface area contributed by atoms with E-state index >= 15 is 0 Å². The summed E-state index contributed by atoms with van der Waals surface area (Å²) in [6.45, 7) is 3.74. The minimum absolute atomic E-state index is 0.0747. The summed E-state index contributed by atoms with van der Waals surface area (Å²) in [5.41, 5.74) is 1.30. The lowest BCUT2D eigenvalue weighted by molar-refractivity contribution is 0.0650. The van der Waals surface area contributed by atoms with Gasteiger partial charge in [-0.25, -0.2) is 9.59 Å². The van der Waals surface area contributed by atoms with Gasteiger partial charge in [0.25, 0.3) is 0 Å². The molecule has 86 valence electrons. The summed E-state index contributed by atoms with van der Waals surface area (Å²) in [4.78, 5) is 22.0. The molecule has 2 N–H and O–H groups in total. The van der Waals surface area contributed by atoms with Crippen molar-refractivity contribution >= 4 is 11.9 Å². The van der Waals surface area contributed by atoms with Crippen LogP contribution in [0.2, 0.25) is 0 Å². The number of carboxylic acid groups (broad SMARTS) is 2. The van der Waals surface area contributed by atoms with Crippen LogP contribution in [0.4, 0.5) is 0 Å². The quantitative estimate of drug-likeness (QED) is 0.819. The molecule has 0 spiro atoms. The molecule has 0 fully saturated rings. The van der Waals surface area contributed by atoms with E-state index in [-0.39, 0.29) is 11.1 Å². The molecule has 1 aromatic rings. The number of aromatic carboxylic acids is 2. The van der Waals surface area contributed by atoms with Gasteiger partial charge in [-0.2, -0.15) is 0 Å². The van der Waals surface area contributed by atoms with Crippen LogP contribution in [-0.2, 0) is 12.8 Å². The van der Waals surface area contributed by atoms with Crippen molar-refractivity contribution in [1.29, 1.82) is 0 Å². The second-order valence-corrected chi connectivity index (χ2v) is 3.44. The van der Waals surface area contributed by atoms with Gasteiger partial charge in [-0.3, -0.25) is 0 Å². The summed E-state index contributed by atoms with van der Waals surface area (Å²) in [6, 6.07) is 3.05. The van der Waals surface area contributed by atoms with Gasteiger partial charge in [-0.15, -0.1) is 0 Å². The fourth-order valence-electron chi connectivity index (χ4n) is 1.85. The number of carbonyl (C=O) groups is 2. The van der Waals surface area contributed by atoms with E-state index < -0.39 is 11.9 Å². The van der Waals surface area contributed by atoms with Gasteiger partial charge in [-0.1, -0.05) is 19.9 Å². The van der Waals surface area contributed by atoms with Gasteiger partial charge in [0.15, 0.2) is 0 Å². The third-order valence-corrected chi connectivity index (χ3v) is 2.59. The van der Waals surface area contributed by atoms with E-state index in [1.54, 1.807) is 6.07 Å². The molecule has 0 amide bonds. The highest BCUT2D eigenvalue weighted by Crippen LogP contribution is 2.21. The lowest BCUT2D eigenvalue weighted by Crippen LogP contribution is -2.13. The second-order valence-electron chi connectivity index (χ2n) is 3.44. The third-order valence-electron chi connectivity index (χ3n) is 2.59. The predicted octanol–water partition coefficient (Wildman–Crippen LogP) is 2.21. The van der Waals surface area contributed by atoms with Crippen molar-refractivity contribution in [3.63, 3.8) is 0 Å². The molecule has 0 unspecified atom stereocenters. The molecule has 0 heterocycles. The predicted molar refractivity (Wildman–Crippen MR) is 59.1 cm³/mol. The van der Waals surface area contributed by atoms with Gasteiger partial charge in [-0.05, 0) is 30.0 Å². The molecule has 16 heavy (non-hydrogen) atoms. The van der Waals surface area contributed by atoms with Crippen LogP contribution >= 0.6 is 0 Å². The van der Waals surface area contributed by atoms with Crippen molar-refractivity contribution in [3.05, 3.63) is 34.4 Å². The highest BCUT2D eigenvalue weighted by atomic mass is 16.4. The molecule has 0 saturated carbocycles. The zero-order valence-electron chi connectivity index (χ0n) is 9.28. The van der Waals surface area contributed by atoms with Crippen LogP contribution in [0.3, 0.4) is 0 Å². The zero-order chi connectivity index (χ0) is 12.3. The number of hydrogen-bond acceptors (Lipinski definition) is 2. The van der Waals surface area contributed by atoms with Gasteiger partial charge in [0.1, 0.15) is 0 Å². The van der Waals surface area contributed by atoms with Gasteiger partial charge < -0.3 is 10.2 Å². The maximum atomic E-state index is 11.1. The smallest absolute Gasteiger partial charge is 0.336 e. The molecular formula is C12H14O4. The number of hydrogen-bond donors (Lipinski definition) is 2. The molecule has 0 atom stereocenters. The third kappa shape index (κ3) is 2.05. The lowest BCUT2D eigenvalue weighted by atomic mass is 9.93. The summed E-state index contributed by atoms with van der Waals surface area (Å²) >= 11 is 0. The molecule has 0 aliphatic rings. The van der Waals surface area contributed by atoms with Crippen molar-refractivity contribution in [1.82, 2.24) is 0 Å². The Balaban J connectivity index is 3.56. The van der Waals surface area contributed by atoms with Crippen LogP contribution in [-0.4, -0.2) is 22.2 Å². The van der Waals surface area contributed by atoms with E-state index in [1.807, 2.05) is 13.8 Å². The van der Waals surface area contributed by atoms with Crippen molar-refractivity contribution in [2.45, 2.75) is 26.7 Å². The molecule has 0 radical (unpaired) electrons. The summed E-state index contributed by atoms with van der Waals surface area (Å²) in [5.74, 6) is -2.38. The van der Waals surface area contributed by atoms with Crippen molar-refractivity contribution < 1.29 is 19.8 Å². The van der Waals surface area contributed by atoms with Crippen LogP contribution in [0, 0.1) is 0 Å². The average molecular weight is 222 g/mol. The summed E-state index contributed by atoms with van der Waals surface area (Å²) < 4.78 is 0. The van der Waals surface area contributed by atoms with E-state index in [1.165, 1.54) is 6.07 Å². The first-order valence-electron chi connectivity index (χ1n) is 5.14. The van der Waals surface area contributed by atoms with Crippen LogP contribution in [0.15, 0.2) is 12.1 Å². The summed E-state index contributed by atoms with van der Waals surface area (Å²) in [7, 11) is 0. The largest absolute Gasteiger partial charge is 0.478 e. The maximum Gasteiger partial charge on any atom is 0.336 e. The van der Waals surface area contributed by atoms with E-state index in [4.69, 9.17) is 10.2 Å².